The lowest BCUT2D eigenvalue weighted by molar-refractivity contribution is 0.0730. The number of benzene rings is 1. The molecule has 0 aliphatic rings. The van der Waals surface area contributed by atoms with Gasteiger partial charge in [-0.1, -0.05) is 39.0 Å². The summed E-state index contributed by atoms with van der Waals surface area (Å²) in [5.74, 6) is 0.883. The predicted octanol–water partition coefficient (Wildman–Crippen LogP) is 4.10. The summed E-state index contributed by atoms with van der Waals surface area (Å²) in [6.07, 6.45) is 0. The molecule has 0 N–H and O–H groups in total. The average molecular weight is 296 g/mol. The molecule has 0 heterocycles. The molecule has 1 aromatic rings. The molecule has 0 amide bonds. The second-order valence-corrected chi connectivity index (χ2v) is 11.2. The Hall–Kier alpha value is -0.843. The summed E-state index contributed by atoms with van der Waals surface area (Å²) < 4.78 is 17.1. The van der Waals surface area contributed by atoms with Crippen LogP contribution in [0, 0.1) is 0 Å². The second kappa shape index (κ2) is 7.81. The summed E-state index contributed by atoms with van der Waals surface area (Å²) in [6, 6.07) is 9.79. The van der Waals surface area contributed by atoms with Crippen molar-refractivity contribution in [3.05, 3.63) is 30.3 Å². The monoisotopic (exact) mass is 296 g/mol. The van der Waals surface area contributed by atoms with Crippen LogP contribution >= 0.6 is 0 Å². The third-order valence-corrected chi connectivity index (χ3v) is 8.27. The molecule has 1 aromatic carbocycles. The maximum Gasteiger partial charge on any atom is 0.192 e. The van der Waals surface area contributed by atoms with Gasteiger partial charge in [0, 0.05) is 0 Å². The van der Waals surface area contributed by atoms with E-state index in [2.05, 4.69) is 33.9 Å². The fraction of sp³-hybridized carbons (Fsp3) is 0.625. The van der Waals surface area contributed by atoms with Gasteiger partial charge in [-0.3, -0.25) is 0 Å². The molecular formula is C16H28O3Si. The van der Waals surface area contributed by atoms with E-state index < -0.39 is 8.32 Å². The van der Waals surface area contributed by atoms with E-state index in [1.165, 1.54) is 0 Å². The van der Waals surface area contributed by atoms with Gasteiger partial charge in [-0.2, -0.15) is 0 Å². The largest absolute Gasteiger partial charge is 0.491 e. The molecule has 0 aliphatic carbocycles. The van der Waals surface area contributed by atoms with Crippen LogP contribution in [-0.4, -0.2) is 34.7 Å². The lowest BCUT2D eigenvalue weighted by atomic mass is 10.2. The van der Waals surface area contributed by atoms with E-state index in [4.69, 9.17) is 13.9 Å². The Kier molecular flexibility index (Phi) is 6.72. The van der Waals surface area contributed by atoms with Gasteiger partial charge in [0.1, 0.15) is 12.4 Å². The quantitative estimate of drug-likeness (QED) is 0.534. The van der Waals surface area contributed by atoms with Crippen molar-refractivity contribution in [2.75, 3.05) is 26.4 Å². The normalized spacial score (nSPS) is 12.4. The average Bonchev–Trinajstić information content (AvgIpc) is 2.37. The van der Waals surface area contributed by atoms with E-state index in [0.29, 0.717) is 26.4 Å². The molecule has 0 radical (unpaired) electrons. The molecular weight excluding hydrogens is 268 g/mol. The molecule has 0 unspecified atom stereocenters. The van der Waals surface area contributed by atoms with E-state index in [1.807, 2.05) is 30.3 Å². The standard InChI is InChI=1S/C16H28O3Si/c1-16(2,3)20(4,5)19-14-12-17-11-13-18-15-9-7-6-8-10-15/h6-10H,11-14H2,1-5H3. The number of para-hydroxylation sites is 1. The van der Waals surface area contributed by atoms with E-state index in [-0.39, 0.29) is 5.04 Å². The van der Waals surface area contributed by atoms with E-state index in [0.717, 1.165) is 5.75 Å². The van der Waals surface area contributed by atoms with Crippen LogP contribution in [0.4, 0.5) is 0 Å². The van der Waals surface area contributed by atoms with Gasteiger partial charge in [-0.05, 0) is 30.3 Å². The zero-order chi connectivity index (χ0) is 15.1. The first kappa shape index (κ1) is 17.2. The highest BCUT2D eigenvalue weighted by molar-refractivity contribution is 6.74. The van der Waals surface area contributed by atoms with Gasteiger partial charge < -0.3 is 13.9 Å². The maximum atomic E-state index is 6.03. The third-order valence-electron chi connectivity index (χ3n) is 3.74. The first-order valence-corrected chi connectivity index (χ1v) is 10.1. The van der Waals surface area contributed by atoms with Gasteiger partial charge in [0.25, 0.3) is 0 Å². The second-order valence-electron chi connectivity index (χ2n) is 6.38. The first-order valence-electron chi connectivity index (χ1n) is 7.22. The molecule has 1 rings (SSSR count). The molecule has 0 saturated carbocycles. The Morgan fingerprint density at radius 3 is 2.10 bits per heavy atom. The van der Waals surface area contributed by atoms with Crippen molar-refractivity contribution in [3.8, 4) is 5.75 Å². The van der Waals surface area contributed by atoms with Crippen molar-refractivity contribution in [3.63, 3.8) is 0 Å². The number of rotatable bonds is 8. The molecule has 0 bridgehead atoms. The molecule has 0 saturated heterocycles. The van der Waals surface area contributed by atoms with Gasteiger partial charge in [0.2, 0.25) is 0 Å². The van der Waals surface area contributed by atoms with Crippen LogP contribution in [0.2, 0.25) is 18.1 Å². The highest BCUT2D eigenvalue weighted by Crippen LogP contribution is 2.36. The van der Waals surface area contributed by atoms with E-state index in [1.54, 1.807) is 0 Å². The highest BCUT2D eigenvalue weighted by atomic mass is 28.4. The van der Waals surface area contributed by atoms with Crippen molar-refractivity contribution in [1.29, 1.82) is 0 Å². The van der Waals surface area contributed by atoms with Crippen LogP contribution in [0.15, 0.2) is 30.3 Å². The molecule has 20 heavy (non-hydrogen) atoms. The van der Waals surface area contributed by atoms with Gasteiger partial charge in [0.05, 0.1) is 19.8 Å². The van der Waals surface area contributed by atoms with Gasteiger partial charge in [-0.25, -0.2) is 0 Å². The minimum absolute atomic E-state index is 0.253. The van der Waals surface area contributed by atoms with Gasteiger partial charge in [-0.15, -0.1) is 0 Å². The van der Waals surface area contributed by atoms with Crippen molar-refractivity contribution in [1.82, 2.24) is 0 Å². The molecule has 114 valence electrons. The van der Waals surface area contributed by atoms with Crippen molar-refractivity contribution < 1.29 is 13.9 Å². The Bertz CT molecular complexity index is 371. The van der Waals surface area contributed by atoms with Crippen LogP contribution in [0.5, 0.6) is 5.75 Å². The molecule has 0 fully saturated rings. The Morgan fingerprint density at radius 1 is 0.900 bits per heavy atom. The van der Waals surface area contributed by atoms with Crippen LogP contribution < -0.4 is 4.74 Å². The Morgan fingerprint density at radius 2 is 1.50 bits per heavy atom. The number of hydrogen-bond donors (Lipinski definition) is 0. The fourth-order valence-electron chi connectivity index (χ4n) is 1.41. The predicted molar refractivity (Wildman–Crippen MR) is 85.9 cm³/mol. The molecule has 0 atom stereocenters. The zero-order valence-electron chi connectivity index (χ0n) is 13.4. The lowest BCUT2D eigenvalue weighted by Gasteiger charge is -2.36. The molecule has 0 aliphatic heterocycles. The minimum atomic E-state index is -1.64. The van der Waals surface area contributed by atoms with E-state index in [9.17, 15) is 0 Å². The topological polar surface area (TPSA) is 27.7 Å². The summed E-state index contributed by atoms with van der Waals surface area (Å²) >= 11 is 0. The fourth-order valence-corrected chi connectivity index (χ4v) is 2.44. The van der Waals surface area contributed by atoms with Crippen LogP contribution in [0.1, 0.15) is 20.8 Å². The van der Waals surface area contributed by atoms with E-state index >= 15 is 0 Å². The first-order chi connectivity index (χ1) is 9.33. The highest BCUT2D eigenvalue weighted by Gasteiger charge is 2.36. The molecule has 0 spiro atoms. The van der Waals surface area contributed by atoms with Crippen molar-refractivity contribution in [2.24, 2.45) is 0 Å². The smallest absolute Gasteiger partial charge is 0.192 e. The summed E-state index contributed by atoms with van der Waals surface area (Å²) in [5.41, 5.74) is 0. The summed E-state index contributed by atoms with van der Waals surface area (Å²) in [4.78, 5) is 0. The summed E-state index contributed by atoms with van der Waals surface area (Å²) in [5, 5.41) is 0.253. The minimum Gasteiger partial charge on any atom is -0.491 e. The van der Waals surface area contributed by atoms with Crippen molar-refractivity contribution in [2.45, 2.75) is 38.9 Å². The molecule has 4 heteroatoms. The summed E-state index contributed by atoms with van der Waals surface area (Å²) in [7, 11) is -1.64. The number of hydrogen-bond acceptors (Lipinski definition) is 3. The van der Waals surface area contributed by atoms with Crippen LogP contribution in [0.25, 0.3) is 0 Å². The Balaban J connectivity index is 2.06. The number of ether oxygens (including phenoxy) is 2. The summed E-state index contributed by atoms with van der Waals surface area (Å²) in [6.45, 7) is 13.7. The van der Waals surface area contributed by atoms with Crippen LogP contribution in [0.3, 0.4) is 0 Å². The third kappa shape index (κ3) is 6.07. The molecule has 0 aromatic heterocycles. The lowest BCUT2D eigenvalue weighted by Crippen LogP contribution is -2.41. The zero-order valence-corrected chi connectivity index (χ0v) is 14.4. The van der Waals surface area contributed by atoms with Crippen molar-refractivity contribution >= 4 is 8.32 Å². The van der Waals surface area contributed by atoms with Gasteiger partial charge >= 0.3 is 0 Å². The Labute approximate surface area is 124 Å². The van der Waals surface area contributed by atoms with Gasteiger partial charge in [0.15, 0.2) is 8.32 Å². The SMILES string of the molecule is CC(C)(C)[Si](C)(C)OCCOCCOc1ccccc1. The maximum absolute atomic E-state index is 6.03. The van der Waals surface area contributed by atoms with Crippen LogP contribution in [-0.2, 0) is 9.16 Å². The molecule has 3 nitrogen and oxygen atoms in total.